The van der Waals surface area contributed by atoms with Crippen molar-refractivity contribution >= 4 is 15.9 Å². The maximum absolute atomic E-state index is 8.58. The lowest BCUT2D eigenvalue weighted by Crippen LogP contribution is -1.88. The summed E-state index contributed by atoms with van der Waals surface area (Å²) in [6.07, 6.45) is 0.251. The van der Waals surface area contributed by atoms with Gasteiger partial charge in [-0.3, -0.25) is 5.10 Å². The van der Waals surface area contributed by atoms with Gasteiger partial charge in [0, 0.05) is 10.0 Å². The van der Waals surface area contributed by atoms with Crippen LogP contribution in [0.25, 0.3) is 11.4 Å². The Kier molecular flexibility index (Phi) is 3.25. The Labute approximate surface area is 108 Å². The van der Waals surface area contributed by atoms with Gasteiger partial charge in [0.05, 0.1) is 12.5 Å². The Morgan fingerprint density at radius 1 is 1.35 bits per heavy atom. The molecule has 17 heavy (non-hydrogen) atoms. The number of nitrogens with one attached hydrogen (secondary N) is 1. The minimum atomic E-state index is 0.251. The second-order valence-electron chi connectivity index (χ2n) is 3.86. The molecule has 1 heterocycles. The summed E-state index contributed by atoms with van der Waals surface area (Å²) in [5.41, 5.74) is 3.25. The van der Waals surface area contributed by atoms with Crippen LogP contribution in [-0.4, -0.2) is 15.2 Å². The predicted octanol–water partition coefficient (Wildman–Crippen LogP) is 2.92. The normalized spacial score (nSPS) is 10.2. The van der Waals surface area contributed by atoms with Crippen LogP contribution < -0.4 is 0 Å². The molecule has 86 valence electrons. The van der Waals surface area contributed by atoms with Gasteiger partial charge < -0.3 is 0 Å². The highest BCUT2D eigenvalue weighted by molar-refractivity contribution is 9.10. The van der Waals surface area contributed by atoms with E-state index in [1.165, 1.54) is 0 Å². The number of aromatic amines is 1. The molecule has 2 rings (SSSR count). The second-order valence-corrected chi connectivity index (χ2v) is 4.66. The molecule has 0 spiro atoms. The fourth-order valence-electron chi connectivity index (χ4n) is 1.65. The Morgan fingerprint density at radius 2 is 2.00 bits per heavy atom. The molecular formula is C12H11BrN4. The lowest BCUT2D eigenvalue weighted by molar-refractivity contribution is 0.996. The molecule has 0 aliphatic carbocycles. The SMILES string of the molecule is Cc1cc(-c2n[nH]c(CC#N)n2)cc(C)c1Br. The molecule has 1 aromatic carbocycles. The van der Waals surface area contributed by atoms with Gasteiger partial charge in [-0.1, -0.05) is 15.9 Å². The zero-order valence-electron chi connectivity index (χ0n) is 9.58. The first-order valence-electron chi connectivity index (χ1n) is 5.17. The summed E-state index contributed by atoms with van der Waals surface area (Å²) in [6, 6.07) is 6.09. The van der Waals surface area contributed by atoms with Crippen molar-refractivity contribution < 1.29 is 0 Å². The zero-order valence-corrected chi connectivity index (χ0v) is 11.2. The first kappa shape index (κ1) is 11.8. The van der Waals surface area contributed by atoms with E-state index in [0.717, 1.165) is 21.2 Å². The monoisotopic (exact) mass is 290 g/mol. The van der Waals surface area contributed by atoms with Gasteiger partial charge in [-0.15, -0.1) is 0 Å². The maximum Gasteiger partial charge on any atom is 0.181 e. The molecule has 0 bridgehead atoms. The number of hydrogen-bond acceptors (Lipinski definition) is 3. The number of aryl methyl sites for hydroxylation is 2. The topological polar surface area (TPSA) is 65.4 Å². The molecule has 1 aromatic heterocycles. The number of aromatic nitrogens is 3. The summed E-state index contributed by atoms with van der Waals surface area (Å²) in [5.74, 6) is 1.23. The van der Waals surface area contributed by atoms with Crippen LogP contribution in [0.5, 0.6) is 0 Å². The van der Waals surface area contributed by atoms with Crippen molar-refractivity contribution in [2.45, 2.75) is 20.3 Å². The second kappa shape index (κ2) is 4.68. The zero-order chi connectivity index (χ0) is 12.4. The van der Waals surface area contributed by atoms with E-state index in [2.05, 4.69) is 31.1 Å². The summed E-state index contributed by atoms with van der Waals surface area (Å²) < 4.78 is 1.11. The number of nitrogens with zero attached hydrogens (tertiary/aromatic N) is 3. The van der Waals surface area contributed by atoms with E-state index >= 15 is 0 Å². The summed E-state index contributed by atoms with van der Waals surface area (Å²) >= 11 is 3.52. The highest BCUT2D eigenvalue weighted by Crippen LogP contribution is 2.26. The number of halogens is 1. The van der Waals surface area contributed by atoms with Crippen LogP contribution in [0.4, 0.5) is 0 Å². The molecule has 0 amide bonds. The van der Waals surface area contributed by atoms with Crippen LogP contribution in [-0.2, 0) is 6.42 Å². The van der Waals surface area contributed by atoms with Gasteiger partial charge in [-0.05, 0) is 37.1 Å². The van der Waals surface area contributed by atoms with E-state index in [4.69, 9.17) is 5.26 Å². The van der Waals surface area contributed by atoms with Crippen molar-refractivity contribution in [1.82, 2.24) is 15.2 Å². The molecule has 1 N–H and O–H groups in total. The van der Waals surface area contributed by atoms with Crippen molar-refractivity contribution in [3.05, 3.63) is 33.6 Å². The van der Waals surface area contributed by atoms with Crippen LogP contribution in [0.3, 0.4) is 0 Å². The minimum absolute atomic E-state index is 0.251. The van der Waals surface area contributed by atoms with Crippen LogP contribution in [0.2, 0.25) is 0 Å². The largest absolute Gasteiger partial charge is 0.262 e. The molecule has 0 unspecified atom stereocenters. The lowest BCUT2D eigenvalue weighted by atomic mass is 10.1. The summed E-state index contributed by atoms with van der Waals surface area (Å²) in [5, 5.41) is 15.5. The van der Waals surface area contributed by atoms with Crippen molar-refractivity contribution in [2.24, 2.45) is 0 Å². The summed E-state index contributed by atoms with van der Waals surface area (Å²) in [6.45, 7) is 4.06. The third kappa shape index (κ3) is 2.37. The fraction of sp³-hybridized carbons (Fsp3) is 0.250. The third-order valence-electron chi connectivity index (χ3n) is 2.47. The maximum atomic E-state index is 8.58. The molecule has 0 radical (unpaired) electrons. The summed E-state index contributed by atoms with van der Waals surface area (Å²) in [7, 11) is 0. The average Bonchev–Trinajstić information content (AvgIpc) is 2.74. The van der Waals surface area contributed by atoms with Crippen LogP contribution in [0.1, 0.15) is 17.0 Å². The Hall–Kier alpha value is -1.67. The van der Waals surface area contributed by atoms with E-state index in [-0.39, 0.29) is 6.42 Å². The molecule has 4 nitrogen and oxygen atoms in total. The molecule has 0 fully saturated rings. The van der Waals surface area contributed by atoms with Crippen molar-refractivity contribution in [1.29, 1.82) is 5.26 Å². The number of benzene rings is 1. The molecule has 5 heteroatoms. The number of H-pyrrole nitrogens is 1. The van der Waals surface area contributed by atoms with E-state index in [9.17, 15) is 0 Å². The van der Waals surface area contributed by atoms with E-state index in [1.807, 2.05) is 32.0 Å². The molecule has 2 aromatic rings. The minimum Gasteiger partial charge on any atom is -0.262 e. The Balaban J connectivity index is 2.43. The average molecular weight is 291 g/mol. The number of rotatable bonds is 2. The van der Waals surface area contributed by atoms with E-state index < -0.39 is 0 Å². The molecular weight excluding hydrogens is 280 g/mol. The van der Waals surface area contributed by atoms with Gasteiger partial charge in [0.15, 0.2) is 5.82 Å². The fourth-order valence-corrected chi connectivity index (χ4v) is 1.88. The predicted molar refractivity (Wildman–Crippen MR) is 68.3 cm³/mol. The number of hydrogen-bond donors (Lipinski definition) is 1. The molecule has 0 saturated carbocycles. The lowest BCUT2D eigenvalue weighted by Gasteiger charge is -2.04. The smallest absolute Gasteiger partial charge is 0.181 e. The van der Waals surface area contributed by atoms with Crippen LogP contribution in [0.15, 0.2) is 16.6 Å². The van der Waals surface area contributed by atoms with Crippen LogP contribution >= 0.6 is 15.9 Å². The third-order valence-corrected chi connectivity index (χ3v) is 3.72. The highest BCUT2D eigenvalue weighted by atomic mass is 79.9. The Bertz CT molecular complexity index is 572. The van der Waals surface area contributed by atoms with Crippen molar-refractivity contribution in [3.8, 4) is 17.5 Å². The van der Waals surface area contributed by atoms with Gasteiger partial charge in [-0.25, -0.2) is 4.98 Å². The molecule has 0 saturated heterocycles. The summed E-state index contributed by atoms with van der Waals surface area (Å²) in [4.78, 5) is 4.28. The highest BCUT2D eigenvalue weighted by Gasteiger charge is 2.09. The van der Waals surface area contributed by atoms with Gasteiger partial charge in [0.25, 0.3) is 0 Å². The van der Waals surface area contributed by atoms with E-state index in [0.29, 0.717) is 11.6 Å². The number of nitriles is 1. The van der Waals surface area contributed by atoms with Crippen LogP contribution in [0, 0.1) is 25.2 Å². The molecule has 0 aliphatic rings. The molecule has 0 aliphatic heterocycles. The molecule has 0 atom stereocenters. The van der Waals surface area contributed by atoms with Crippen molar-refractivity contribution in [3.63, 3.8) is 0 Å². The quantitative estimate of drug-likeness (QED) is 0.925. The first-order valence-corrected chi connectivity index (χ1v) is 5.96. The standard InChI is InChI=1S/C12H11BrN4/c1-7-5-9(6-8(2)11(7)13)12-15-10(3-4-14)16-17-12/h5-6H,3H2,1-2H3,(H,15,16,17). The van der Waals surface area contributed by atoms with Gasteiger partial charge >= 0.3 is 0 Å². The van der Waals surface area contributed by atoms with Gasteiger partial charge in [-0.2, -0.15) is 10.4 Å². The van der Waals surface area contributed by atoms with Gasteiger partial charge in [0.1, 0.15) is 5.82 Å². The Morgan fingerprint density at radius 3 is 2.59 bits per heavy atom. The van der Waals surface area contributed by atoms with E-state index in [1.54, 1.807) is 0 Å². The van der Waals surface area contributed by atoms with Gasteiger partial charge in [0.2, 0.25) is 0 Å². The first-order chi connectivity index (χ1) is 8.11. The van der Waals surface area contributed by atoms with Crippen molar-refractivity contribution in [2.75, 3.05) is 0 Å².